The Hall–Kier alpha value is -3.65. The summed E-state index contributed by atoms with van der Waals surface area (Å²) in [6, 6.07) is 18.7. The number of piperazine rings is 1. The molecule has 1 N–H and O–H groups in total. The molecule has 0 bridgehead atoms. The molecular formula is C26H31N7O. The van der Waals surface area contributed by atoms with E-state index >= 15 is 0 Å². The van der Waals surface area contributed by atoms with Crippen molar-refractivity contribution in [2.24, 2.45) is 0 Å². The third-order valence-corrected chi connectivity index (χ3v) is 6.24. The lowest BCUT2D eigenvalue weighted by molar-refractivity contribution is 0.313. The number of hydrogen-bond donors (Lipinski definition) is 1. The number of nitrogens with zero attached hydrogens (tertiary/aromatic N) is 6. The molecule has 5 rings (SSSR count). The molecule has 0 unspecified atom stereocenters. The van der Waals surface area contributed by atoms with E-state index in [2.05, 4.69) is 82.0 Å². The quantitative estimate of drug-likeness (QED) is 0.454. The number of likely N-dealkylation sites (N-methyl/N-ethyl adjacent to an activating group) is 1. The second-order valence-electron chi connectivity index (χ2n) is 8.96. The maximum absolute atomic E-state index is 5.62. The number of nitrogens with one attached hydrogen (secondary N) is 1. The number of methoxy groups -OCH3 is 1. The summed E-state index contributed by atoms with van der Waals surface area (Å²) in [6.45, 7) is 8.52. The van der Waals surface area contributed by atoms with Crippen LogP contribution in [0.2, 0.25) is 0 Å². The summed E-state index contributed by atoms with van der Waals surface area (Å²) in [5.74, 6) is 1.79. The van der Waals surface area contributed by atoms with E-state index < -0.39 is 0 Å². The minimum absolute atomic E-state index is 0.163. The number of ether oxygens (including phenoxy) is 1. The standard InChI is InChI=1S/C26H31N7O/c1-18(2)33-23(19-8-6-5-7-9-19)28-22-24(33)29-26(30-25(22)34-4)27-20-10-12-21(13-11-20)32-16-14-31(3)15-17-32/h5-13,18H,14-17H2,1-4H3,(H,27,29,30). The highest BCUT2D eigenvalue weighted by atomic mass is 16.5. The van der Waals surface area contributed by atoms with Gasteiger partial charge >= 0.3 is 0 Å². The molecule has 4 aromatic rings. The first-order valence-corrected chi connectivity index (χ1v) is 11.7. The Labute approximate surface area is 200 Å². The summed E-state index contributed by atoms with van der Waals surface area (Å²) in [5, 5.41) is 3.35. The van der Waals surface area contributed by atoms with E-state index in [1.807, 2.05) is 18.2 Å². The van der Waals surface area contributed by atoms with E-state index in [1.54, 1.807) is 7.11 Å². The van der Waals surface area contributed by atoms with Gasteiger partial charge in [0.25, 0.3) is 0 Å². The average molecular weight is 458 g/mol. The number of hydrogen-bond acceptors (Lipinski definition) is 7. The second kappa shape index (κ2) is 9.30. The van der Waals surface area contributed by atoms with Crippen LogP contribution in [-0.2, 0) is 0 Å². The maximum Gasteiger partial charge on any atom is 0.247 e. The minimum Gasteiger partial charge on any atom is -0.479 e. The Bertz CT molecular complexity index is 1260. The lowest BCUT2D eigenvalue weighted by Gasteiger charge is -2.34. The molecule has 3 heterocycles. The van der Waals surface area contributed by atoms with Crippen LogP contribution in [0.1, 0.15) is 19.9 Å². The number of benzene rings is 2. The number of anilines is 3. The molecule has 176 valence electrons. The summed E-state index contributed by atoms with van der Waals surface area (Å²) < 4.78 is 7.75. The molecule has 2 aromatic carbocycles. The zero-order valence-electron chi connectivity index (χ0n) is 20.2. The molecule has 0 aliphatic carbocycles. The van der Waals surface area contributed by atoms with Gasteiger partial charge in [-0.15, -0.1) is 0 Å². The van der Waals surface area contributed by atoms with Crippen molar-refractivity contribution < 1.29 is 4.74 Å². The predicted octanol–water partition coefficient (Wildman–Crippen LogP) is 4.58. The van der Waals surface area contributed by atoms with Crippen molar-refractivity contribution in [1.29, 1.82) is 0 Å². The fourth-order valence-corrected chi connectivity index (χ4v) is 4.38. The van der Waals surface area contributed by atoms with Gasteiger partial charge in [-0.25, -0.2) is 4.98 Å². The van der Waals surface area contributed by atoms with Crippen LogP contribution >= 0.6 is 0 Å². The van der Waals surface area contributed by atoms with Crippen molar-refractivity contribution in [2.45, 2.75) is 19.9 Å². The van der Waals surface area contributed by atoms with Crippen molar-refractivity contribution in [1.82, 2.24) is 24.4 Å². The molecule has 0 saturated carbocycles. The van der Waals surface area contributed by atoms with Crippen molar-refractivity contribution in [3.8, 4) is 17.3 Å². The van der Waals surface area contributed by atoms with Gasteiger partial charge in [0.1, 0.15) is 5.82 Å². The summed E-state index contributed by atoms with van der Waals surface area (Å²) in [4.78, 5) is 19.1. The summed E-state index contributed by atoms with van der Waals surface area (Å²) >= 11 is 0. The summed E-state index contributed by atoms with van der Waals surface area (Å²) in [7, 11) is 3.79. The fraction of sp³-hybridized carbons (Fsp3) is 0.346. The molecule has 1 fully saturated rings. The lowest BCUT2D eigenvalue weighted by atomic mass is 10.2. The first-order valence-electron chi connectivity index (χ1n) is 11.7. The monoisotopic (exact) mass is 457 g/mol. The molecule has 8 heteroatoms. The maximum atomic E-state index is 5.62. The average Bonchev–Trinajstić information content (AvgIpc) is 3.25. The van der Waals surface area contributed by atoms with E-state index in [9.17, 15) is 0 Å². The van der Waals surface area contributed by atoms with Gasteiger partial charge < -0.3 is 24.4 Å². The van der Waals surface area contributed by atoms with Gasteiger partial charge in [-0.2, -0.15) is 9.97 Å². The Morgan fingerprint density at radius 3 is 2.24 bits per heavy atom. The van der Waals surface area contributed by atoms with Crippen LogP contribution in [0, 0.1) is 0 Å². The molecular weight excluding hydrogens is 426 g/mol. The van der Waals surface area contributed by atoms with E-state index in [0.29, 0.717) is 17.3 Å². The summed E-state index contributed by atoms with van der Waals surface area (Å²) in [5.41, 5.74) is 4.60. The minimum atomic E-state index is 0.163. The Balaban J connectivity index is 1.48. The molecule has 0 amide bonds. The van der Waals surface area contributed by atoms with E-state index in [-0.39, 0.29) is 6.04 Å². The van der Waals surface area contributed by atoms with Crippen LogP contribution in [-0.4, -0.2) is 64.8 Å². The van der Waals surface area contributed by atoms with E-state index in [1.165, 1.54) is 5.69 Å². The van der Waals surface area contributed by atoms with E-state index in [0.717, 1.165) is 48.9 Å². The van der Waals surface area contributed by atoms with Gasteiger partial charge in [0.15, 0.2) is 11.2 Å². The predicted molar refractivity (Wildman–Crippen MR) is 137 cm³/mol. The van der Waals surface area contributed by atoms with Gasteiger partial charge in [0.05, 0.1) is 7.11 Å². The zero-order valence-corrected chi connectivity index (χ0v) is 20.2. The molecule has 2 aromatic heterocycles. The fourth-order valence-electron chi connectivity index (χ4n) is 4.38. The normalized spacial score (nSPS) is 14.7. The van der Waals surface area contributed by atoms with Crippen LogP contribution in [0.4, 0.5) is 17.3 Å². The van der Waals surface area contributed by atoms with E-state index in [4.69, 9.17) is 14.7 Å². The molecule has 0 spiro atoms. The zero-order chi connectivity index (χ0) is 23.7. The van der Waals surface area contributed by atoms with Crippen LogP contribution in [0.25, 0.3) is 22.6 Å². The first kappa shape index (κ1) is 22.2. The van der Waals surface area contributed by atoms with Crippen LogP contribution in [0.5, 0.6) is 5.88 Å². The van der Waals surface area contributed by atoms with Gasteiger partial charge in [0, 0.05) is 49.2 Å². The molecule has 1 saturated heterocycles. The van der Waals surface area contributed by atoms with Gasteiger partial charge in [-0.3, -0.25) is 0 Å². The second-order valence-corrected chi connectivity index (χ2v) is 8.96. The molecule has 0 atom stereocenters. The van der Waals surface area contributed by atoms with Gasteiger partial charge in [-0.1, -0.05) is 30.3 Å². The number of rotatable bonds is 6. The third kappa shape index (κ3) is 4.28. The Kier molecular flexibility index (Phi) is 6.06. The summed E-state index contributed by atoms with van der Waals surface area (Å²) in [6.07, 6.45) is 0. The van der Waals surface area contributed by atoms with Gasteiger partial charge in [-0.05, 0) is 45.2 Å². The largest absolute Gasteiger partial charge is 0.479 e. The number of imidazole rings is 1. The highest BCUT2D eigenvalue weighted by Gasteiger charge is 2.21. The lowest BCUT2D eigenvalue weighted by Crippen LogP contribution is -2.44. The van der Waals surface area contributed by atoms with Crippen molar-refractivity contribution in [2.75, 3.05) is 50.6 Å². The number of fused-ring (bicyclic) bond motifs is 1. The SMILES string of the molecule is COc1nc(Nc2ccc(N3CCN(C)CC3)cc2)nc2c1nc(-c1ccccc1)n2C(C)C. The first-order chi connectivity index (χ1) is 16.5. The molecule has 1 aliphatic rings. The van der Waals surface area contributed by atoms with Crippen LogP contribution < -0.4 is 15.0 Å². The van der Waals surface area contributed by atoms with Crippen LogP contribution in [0.3, 0.4) is 0 Å². The highest BCUT2D eigenvalue weighted by Crippen LogP contribution is 2.32. The molecule has 1 aliphatic heterocycles. The van der Waals surface area contributed by atoms with Crippen molar-refractivity contribution in [3.63, 3.8) is 0 Å². The molecule has 8 nitrogen and oxygen atoms in total. The van der Waals surface area contributed by atoms with Crippen LogP contribution in [0.15, 0.2) is 54.6 Å². The van der Waals surface area contributed by atoms with Crippen molar-refractivity contribution in [3.05, 3.63) is 54.6 Å². The number of aromatic nitrogens is 4. The molecule has 34 heavy (non-hydrogen) atoms. The third-order valence-electron chi connectivity index (χ3n) is 6.24. The Morgan fingerprint density at radius 2 is 1.59 bits per heavy atom. The highest BCUT2D eigenvalue weighted by molar-refractivity contribution is 5.83. The Morgan fingerprint density at radius 1 is 0.882 bits per heavy atom. The smallest absolute Gasteiger partial charge is 0.247 e. The molecule has 0 radical (unpaired) electrons. The topological polar surface area (TPSA) is 71.3 Å². The van der Waals surface area contributed by atoms with Gasteiger partial charge in [0.2, 0.25) is 11.8 Å². The van der Waals surface area contributed by atoms with Crippen molar-refractivity contribution >= 4 is 28.5 Å².